The zero-order chi connectivity index (χ0) is 19.8. The highest BCUT2D eigenvalue weighted by molar-refractivity contribution is 5.64. The Balaban J connectivity index is 2.24. The summed E-state index contributed by atoms with van der Waals surface area (Å²) in [5, 5.41) is 31.7. The van der Waals surface area contributed by atoms with Crippen LogP contribution in [0.2, 0.25) is 0 Å². The fourth-order valence-corrected chi connectivity index (χ4v) is 3.62. The summed E-state index contributed by atoms with van der Waals surface area (Å²) >= 11 is 0. The fraction of sp³-hybridized carbons (Fsp3) is 0.250. The van der Waals surface area contributed by atoms with E-state index in [2.05, 4.69) is 0 Å². The zero-order valence-electron chi connectivity index (χ0n) is 16.2. The van der Waals surface area contributed by atoms with E-state index in [1.807, 2.05) is 94.4 Å². The van der Waals surface area contributed by atoms with Crippen molar-refractivity contribution in [3.63, 3.8) is 0 Å². The molecule has 3 aromatic carbocycles. The molecule has 0 aliphatic heterocycles. The number of hydrogen-bond acceptors (Lipinski definition) is 3. The van der Waals surface area contributed by atoms with Crippen LogP contribution >= 0.6 is 0 Å². The smallest absolute Gasteiger partial charge is 0.200 e. The maximum absolute atomic E-state index is 10.6. The minimum Gasteiger partial charge on any atom is -0.504 e. The molecular weight excluding hydrogens is 336 g/mol. The van der Waals surface area contributed by atoms with Gasteiger partial charge in [-0.15, -0.1) is 0 Å². The number of aromatic hydroxyl groups is 3. The normalized spacial score (nSPS) is 12.1. The minimum absolute atomic E-state index is 0.283. The molecule has 3 heteroatoms. The molecule has 27 heavy (non-hydrogen) atoms. The molecule has 0 saturated heterocycles. The van der Waals surface area contributed by atoms with Crippen LogP contribution < -0.4 is 0 Å². The third-order valence-corrected chi connectivity index (χ3v) is 5.59. The lowest BCUT2D eigenvalue weighted by molar-refractivity contribution is 0.353. The Bertz CT molecular complexity index is 867. The van der Waals surface area contributed by atoms with Crippen LogP contribution in [0.1, 0.15) is 49.9 Å². The van der Waals surface area contributed by atoms with Crippen LogP contribution in [0.15, 0.2) is 66.7 Å². The molecule has 140 valence electrons. The molecule has 0 aliphatic carbocycles. The second-order valence-electron chi connectivity index (χ2n) is 8.00. The van der Waals surface area contributed by atoms with Crippen molar-refractivity contribution in [3.05, 3.63) is 89.0 Å². The number of benzene rings is 3. The number of phenols is 3. The highest BCUT2D eigenvalue weighted by atomic mass is 16.3. The maximum atomic E-state index is 10.6. The molecule has 0 aliphatic rings. The van der Waals surface area contributed by atoms with Crippen molar-refractivity contribution >= 4 is 0 Å². The molecule has 0 aromatic heterocycles. The Kier molecular flexibility index (Phi) is 4.64. The molecule has 0 radical (unpaired) electrons. The SMILES string of the molecule is CC(C)(c1ccccc1)c1cc(C(C)(C)c2ccccc2)c(O)c(O)c1O. The van der Waals surface area contributed by atoms with E-state index in [4.69, 9.17) is 0 Å². The Morgan fingerprint density at radius 1 is 0.519 bits per heavy atom. The zero-order valence-corrected chi connectivity index (χ0v) is 16.2. The van der Waals surface area contributed by atoms with Gasteiger partial charge in [-0.1, -0.05) is 88.4 Å². The number of rotatable bonds is 4. The van der Waals surface area contributed by atoms with Gasteiger partial charge >= 0.3 is 0 Å². The first-order chi connectivity index (χ1) is 12.7. The Morgan fingerprint density at radius 2 is 0.852 bits per heavy atom. The molecule has 0 fully saturated rings. The van der Waals surface area contributed by atoms with Gasteiger partial charge in [0.05, 0.1) is 0 Å². The molecule has 3 aromatic rings. The molecule has 3 rings (SSSR count). The summed E-state index contributed by atoms with van der Waals surface area (Å²) in [6.45, 7) is 7.97. The topological polar surface area (TPSA) is 60.7 Å². The van der Waals surface area contributed by atoms with Gasteiger partial charge in [0.1, 0.15) is 0 Å². The third kappa shape index (κ3) is 3.14. The molecule has 0 amide bonds. The van der Waals surface area contributed by atoms with Crippen molar-refractivity contribution in [1.82, 2.24) is 0 Å². The summed E-state index contributed by atoms with van der Waals surface area (Å²) < 4.78 is 0. The van der Waals surface area contributed by atoms with Crippen LogP contribution in [-0.2, 0) is 10.8 Å². The molecule has 0 saturated carbocycles. The first-order valence-corrected chi connectivity index (χ1v) is 9.07. The summed E-state index contributed by atoms with van der Waals surface area (Å²) in [7, 11) is 0. The third-order valence-electron chi connectivity index (χ3n) is 5.59. The van der Waals surface area contributed by atoms with Gasteiger partial charge in [-0.3, -0.25) is 0 Å². The summed E-state index contributed by atoms with van der Waals surface area (Å²) in [4.78, 5) is 0. The molecule has 3 nitrogen and oxygen atoms in total. The minimum atomic E-state index is -0.557. The van der Waals surface area contributed by atoms with E-state index >= 15 is 0 Å². The molecule has 0 unspecified atom stereocenters. The maximum Gasteiger partial charge on any atom is 0.200 e. The Labute approximate surface area is 160 Å². The largest absolute Gasteiger partial charge is 0.504 e. The first kappa shape index (κ1) is 18.8. The molecule has 0 atom stereocenters. The molecule has 0 bridgehead atoms. The lowest BCUT2D eigenvalue weighted by Crippen LogP contribution is -2.23. The van der Waals surface area contributed by atoms with Crippen molar-refractivity contribution in [1.29, 1.82) is 0 Å². The van der Waals surface area contributed by atoms with Gasteiger partial charge in [-0.05, 0) is 17.2 Å². The van der Waals surface area contributed by atoms with Crippen LogP contribution in [0.4, 0.5) is 0 Å². The van der Waals surface area contributed by atoms with Crippen molar-refractivity contribution in [2.45, 2.75) is 38.5 Å². The predicted octanol–water partition coefficient (Wildman–Crippen LogP) is 5.46. The van der Waals surface area contributed by atoms with Gasteiger partial charge in [-0.25, -0.2) is 0 Å². The van der Waals surface area contributed by atoms with Crippen LogP contribution in [0.3, 0.4) is 0 Å². The first-order valence-electron chi connectivity index (χ1n) is 9.07. The molecule has 3 N–H and O–H groups in total. The standard InChI is InChI=1S/C24H26O3/c1-23(2,16-11-7-5-8-12-16)18-15-19(21(26)22(27)20(18)25)24(3,4)17-13-9-6-10-14-17/h5-15,25-27H,1-4H3. The van der Waals surface area contributed by atoms with E-state index in [9.17, 15) is 15.3 Å². The van der Waals surface area contributed by atoms with Gasteiger partial charge in [0, 0.05) is 22.0 Å². The van der Waals surface area contributed by atoms with E-state index in [1.54, 1.807) is 0 Å². The van der Waals surface area contributed by atoms with Crippen molar-refractivity contribution in [2.75, 3.05) is 0 Å². The van der Waals surface area contributed by atoms with E-state index < -0.39 is 16.6 Å². The average Bonchev–Trinajstić information content (AvgIpc) is 2.67. The van der Waals surface area contributed by atoms with Gasteiger partial charge in [0.2, 0.25) is 5.75 Å². The van der Waals surface area contributed by atoms with Crippen LogP contribution in [-0.4, -0.2) is 15.3 Å². The molecular formula is C24H26O3. The van der Waals surface area contributed by atoms with Crippen molar-refractivity contribution < 1.29 is 15.3 Å². The molecule has 0 heterocycles. The van der Waals surface area contributed by atoms with E-state index in [1.165, 1.54) is 0 Å². The van der Waals surface area contributed by atoms with Gasteiger partial charge in [0.15, 0.2) is 11.5 Å². The number of phenolic OH excluding ortho intramolecular Hbond substituents is 3. The Hall–Kier alpha value is -2.94. The van der Waals surface area contributed by atoms with E-state index in [-0.39, 0.29) is 11.5 Å². The van der Waals surface area contributed by atoms with Crippen LogP contribution in [0.5, 0.6) is 17.2 Å². The average molecular weight is 362 g/mol. The molecule has 0 spiro atoms. The highest BCUT2D eigenvalue weighted by Gasteiger charge is 2.34. The van der Waals surface area contributed by atoms with Gasteiger partial charge in [0.25, 0.3) is 0 Å². The van der Waals surface area contributed by atoms with Gasteiger partial charge < -0.3 is 15.3 Å². The lowest BCUT2D eigenvalue weighted by Gasteiger charge is -2.32. The summed E-state index contributed by atoms with van der Waals surface area (Å²) in [5.41, 5.74) is 2.05. The second-order valence-corrected chi connectivity index (χ2v) is 8.00. The van der Waals surface area contributed by atoms with E-state index in [0.29, 0.717) is 11.1 Å². The van der Waals surface area contributed by atoms with Crippen molar-refractivity contribution in [3.8, 4) is 17.2 Å². The van der Waals surface area contributed by atoms with Crippen LogP contribution in [0, 0.1) is 0 Å². The summed E-state index contributed by atoms with van der Waals surface area (Å²) in [5.74, 6) is -1.04. The fourth-order valence-electron chi connectivity index (χ4n) is 3.62. The van der Waals surface area contributed by atoms with Crippen molar-refractivity contribution in [2.24, 2.45) is 0 Å². The van der Waals surface area contributed by atoms with E-state index in [0.717, 1.165) is 11.1 Å². The highest BCUT2D eigenvalue weighted by Crippen LogP contribution is 2.50. The monoisotopic (exact) mass is 362 g/mol. The quantitative estimate of drug-likeness (QED) is 0.541. The summed E-state index contributed by atoms with van der Waals surface area (Å²) in [6.07, 6.45) is 0. The lowest BCUT2D eigenvalue weighted by atomic mass is 9.72. The van der Waals surface area contributed by atoms with Gasteiger partial charge in [-0.2, -0.15) is 0 Å². The Morgan fingerprint density at radius 3 is 1.19 bits per heavy atom. The number of hydrogen-bond donors (Lipinski definition) is 3. The summed E-state index contributed by atoms with van der Waals surface area (Å²) in [6, 6.07) is 21.5. The predicted molar refractivity (Wildman–Crippen MR) is 109 cm³/mol. The second kappa shape index (κ2) is 6.66. The van der Waals surface area contributed by atoms with Crippen LogP contribution in [0.25, 0.3) is 0 Å².